The number of allylic oxidation sites excluding steroid dienone is 2. The van der Waals surface area contributed by atoms with E-state index in [1.807, 2.05) is 31.2 Å². The van der Waals surface area contributed by atoms with Crippen LogP contribution in [0.5, 0.6) is 0 Å². The van der Waals surface area contributed by atoms with Crippen molar-refractivity contribution >= 4 is 22.6 Å². The Kier molecular flexibility index (Phi) is 4.99. The number of aliphatic hydroxyl groups is 1. The molecule has 1 aromatic rings. The van der Waals surface area contributed by atoms with E-state index < -0.39 is 5.60 Å². The Morgan fingerprint density at radius 3 is 2.56 bits per heavy atom. The first-order valence-corrected chi connectivity index (χ1v) is 6.62. The zero-order valence-corrected chi connectivity index (χ0v) is 12.3. The zero-order chi connectivity index (χ0) is 12.2. The van der Waals surface area contributed by atoms with Gasteiger partial charge in [0.1, 0.15) is 0 Å². The average molecular weight is 330 g/mol. The molecular weight excluding hydrogens is 311 g/mol. The molecule has 0 amide bonds. The molecule has 0 fully saturated rings. The zero-order valence-electron chi connectivity index (χ0n) is 10.1. The summed E-state index contributed by atoms with van der Waals surface area (Å²) in [7, 11) is 0. The van der Waals surface area contributed by atoms with E-state index in [2.05, 4.69) is 42.5 Å². The van der Waals surface area contributed by atoms with Crippen molar-refractivity contribution in [1.82, 2.24) is 0 Å². The molecule has 1 aromatic carbocycles. The topological polar surface area (TPSA) is 20.2 Å². The first kappa shape index (κ1) is 13.7. The maximum absolute atomic E-state index is 10.4. The molecule has 0 saturated heterocycles. The Hall–Kier alpha value is -0.350. The number of hydrogen-bond donors (Lipinski definition) is 1. The van der Waals surface area contributed by atoms with E-state index in [9.17, 15) is 5.11 Å². The molecule has 1 atom stereocenters. The lowest BCUT2D eigenvalue weighted by atomic mass is 9.91. The minimum Gasteiger partial charge on any atom is -0.385 e. The van der Waals surface area contributed by atoms with E-state index in [0.717, 1.165) is 22.0 Å². The van der Waals surface area contributed by atoms with Gasteiger partial charge >= 0.3 is 0 Å². The largest absolute Gasteiger partial charge is 0.385 e. The molecule has 1 unspecified atom stereocenters. The Balaban J connectivity index is 2.78. The highest BCUT2D eigenvalue weighted by atomic mass is 127. The lowest BCUT2D eigenvalue weighted by molar-refractivity contribution is 0.0479. The second-order valence-electron chi connectivity index (χ2n) is 4.57. The molecular formula is C14H19IO. The predicted molar refractivity (Wildman–Crippen MR) is 77.4 cm³/mol. The van der Waals surface area contributed by atoms with Gasteiger partial charge in [0.2, 0.25) is 0 Å². The molecule has 0 aliphatic rings. The molecule has 0 heterocycles. The van der Waals surface area contributed by atoms with Crippen LogP contribution in [0.2, 0.25) is 0 Å². The van der Waals surface area contributed by atoms with Gasteiger partial charge in [-0.1, -0.05) is 29.8 Å². The molecule has 0 aromatic heterocycles. The van der Waals surface area contributed by atoms with Gasteiger partial charge in [-0.05, 0) is 67.8 Å². The van der Waals surface area contributed by atoms with Crippen molar-refractivity contribution < 1.29 is 5.11 Å². The van der Waals surface area contributed by atoms with E-state index in [-0.39, 0.29) is 0 Å². The molecule has 0 spiro atoms. The van der Waals surface area contributed by atoms with Crippen molar-refractivity contribution in [1.29, 1.82) is 0 Å². The van der Waals surface area contributed by atoms with Crippen LogP contribution in [0, 0.1) is 3.57 Å². The number of hydrogen-bond acceptors (Lipinski definition) is 1. The predicted octanol–water partition coefficient (Wildman–Crippen LogP) is 4.25. The quantitative estimate of drug-likeness (QED) is 0.647. The van der Waals surface area contributed by atoms with Gasteiger partial charge < -0.3 is 5.11 Å². The van der Waals surface area contributed by atoms with Gasteiger partial charge in [-0.25, -0.2) is 0 Å². The first-order valence-electron chi connectivity index (χ1n) is 5.54. The van der Waals surface area contributed by atoms with Crippen LogP contribution in [0.4, 0.5) is 0 Å². The summed E-state index contributed by atoms with van der Waals surface area (Å²) in [6.07, 6.45) is 3.85. The Morgan fingerprint density at radius 1 is 1.38 bits per heavy atom. The van der Waals surface area contributed by atoms with Gasteiger partial charge in [-0.15, -0.1) is 0 Å². The summed E-state index contributed by atoms with van der Waals surface area (Å²) in [5.74, 6) is 0. The number of rotatable bonds is 4. The van der Waals surface area contributed by atoms with Crippen LogP contribution in [0.25, 0.3) is 0 Å². The molecule has 0 saturated carbocycles. The monoisotopic (exact) mass is 330 g/mol. The van der Waals surface area contributed by atoms with E-state index in [4.69, 9.17) is 0 Å². The van der Waals surface area contributed by atoms with Crippen molar-refractivity contribution in [3.63, 3.8) is 0 Å². The third kappa shape index (κ3) is 3.91. The fourth-order valence-electron chi connectivity index (χ4n) is 1.67. The van der Waals surface area contributed by atoms with Crippen LogP contribution in [0.3, 0.4) is 0 Å². The molecule has 0 aliphatic heterocycles. The molecule has 2 heteroatoms. The SMILES string of the molecule is CC(C)=CCCC(C)(O)c1ccccc1I. The van der Waals surface area contributed by atoms with Crippen LogP contribution < -0.4 is 0 Å². The Labute approximate surface area is 112 Å². The average Bonchev–Trinajstić information content (AvgIpc) is 2.17. The molecule has 1 N–H and O–H groups in total. The lowest BCUT2D eigenvalue weighted by Crippen LogP contribution is -2.22. The van der Waals surface area contributed by atoms with Crippen LogP contribution in [0.15, 0.2) is 35.9 Å². The Morgan fingerprint density at radius 2 is 2.00 bits per heavy atom. The summed E-state index contributed by atoms with van der Waals surface area (Å²) >= 11 is 2.28. The summed E-state index contributed by atoms with van der Waals surface area (Å²) in [5.41, 5.74) is 1.60. The van der Waals surface area contributed by atoms with Gasteiger partial charge in [-0.2, -0.15) is 0 Å². The normalized spacial score (nSPS) is 14.3. The fourth-order valence-corrected chi connectivity index (χ4v) is 2.64. The minimum atomic E-state index is -0.732. The van der Waals surface area contributed by atoms with Crippen molar-refractivity contribution in [2.75, 3.05) is 0 Å². The second kappa shape index (κ2) is 5.82. The van der Waals surface area contributed by atoms with Gasteiger partial charge in [0.15, 0.2) is 0 Å². The van der Waals surface area contributed by atoms with Crippen LogP contribution >= 0.6 is 22.6 Å². The molecule has 16 heavy (non-hydrogen) atoms. The summed E-state index contributed by atoms with van der Waals surface area (Å²) in [5, 5.41) is 10.4. The van der Waals surface area contributed by atoms with Crippen molar-refractivity contribution in [2.24, 2.45) is 0 Å². The number of halogens is 1. The lowest BCUT2D eigenvalue weighted by Gasteiger charge is -2.24. The Bertz CT molecular complexity index is 376. The van der Waals surface area contributed by atoms with E-state index >= 15 is 0 Å². The summed E-state index contributed by atoms with van der Waals surface area (Å²) in [6, 6.07) is 8.01. The molecule has 0 radical (unpaired) electrons. The second-order valence-corrected chi connectivity index (χ2v) is 5.74. The van der Waals surface area contributed by atoms with Crippen molar-refractivity contribution in [2.45, 2.75) is 39.2 Å². The maximum Gasteiger partial charge on any atom is 0.0881 e. The molecule has 0 bridgehead atoms. The van der Waals surface area contributed by atoms with Crippen LogP contribution in [-0.4, -0.2) is 5.11 Å². The van der Waals surface area contributed by atoms with E-state index in [1.54, 1.807) is 0 Å². The smallest absolute Gasteiger partial charge is 0.0881 e. The third-order valence-electron chi connectivity index (χ3n) is 2.64. The molecule has 88 valence electrons. The van der Waals surface area contributed by atoms with Crippen molar-refractivity contribution in [3.8, 4) is 0 Å². The molecule has 1 nitrogen and oxygen atoms in total. The minimum absolute atomic E-state index is 0.732. The highest BCUT2D eigenvalue weighted by molar-refractivity contribution is 14.1. The van der Waals surface area contributed by atoms with Gasteiger partial charge in [0, 0.05) is 3.57 Å². The molecule has 0 aliphatic carbocycles. The molecule has 1 rings (SSSR count). The van der Waals surface area contributed by atoms with Gasteiger partial charge in [-0.3, -0.25) is 0 Å². The standard InChI is InChI=1S/C14H19IO/c1-11(2)7-6-10-14(3,16)12-8-4-5-9-13(12)15/h4-5,7-9,16H,6,10H2,1-3H3. The fraction of sp³-hybridized carbons (Fsp3) is 0.429. The maximum atomic E-state index is 10.4. The third-order valence-corrected chi connectivity index (χ3v) is 3.58. The van der Waals surface area contributed by atoms with Crippen LogP contribution in [-0.2, 0) is 5.60 Å². The van der Waals surface area contributed by atoms with Crippen molar-refractivity contribution in [3.05, 3.63) is 45.0 Å². The number of benzene rings is 1. The highest BCUT2D eigenvalue weighted by Gasteiger charge is 2.23. The van der Waals surface area contributed by atoms with Crippen LogP contribution in [0.1, 0.15) is 39.2 Å². The summed E-state index contributed by atoms with van der Waals surface area (Å²) in [4.78, 5) is 0. The summed E-state index contributed by atoms with van der Waals surface area (Å²) in [6.45, 7) is 6.06. The summed E-state index contributed by atoms with van der Waals surface area (Å²) < 4.78 is 1.13. The van der Waals surface area contributed by atoms with Gasteiger partial charge in [0.25, 0.3) is 0 Å². The first-order chi connectivity index (χ1) is 7.43. The van der Waals surface area contributed by atoms with E-state index in [1.165, 1.54) is 5.57 Å². The van der Waals surface area contributed by atoms with Gasteiger partial charge in [0.05, 0.1) is 5.60 Å². The van der Waals surface area contributed by atoms with E-state index in [0.29, 0.717) is 0 Å². The highest BCUT2D eigenvalue weighted by Crippen LogP contribution is 2.29.